The van der Waals surface area contributed by atoms with Gasteiger partial charge in [0.05, 0.1) is 5.60 Å². The summed E-state index contributed by atoms with van der Waals surface area (Å²) in [6.45, 7) is 3.05. The SMILES string of the molecule is CC1(O)CCCN(c2nc(N)nc(-n3cncn3)n2)C1. The Morgan fingerprint density at radius 2 is 2.10 bits per heavy atom. The molecular formula is C11H16N8O. The van der Waals surface area contributed by atoms with Gasteiger partial charge in [-0.2, -0.15) is 24.7 Å². The summed E-state index contributed by atoms with van der Waals surface area (Å²) in [6, 6.07) is 0. The van der Waals surface area contributed by atoms with Crippen molar-refractivity contribution in [3.8, 4) is 5.95 Å². The maximum Gasteiger partial charge on any atom is 0.258 e. The summed E-state index contributed by atoms with van der Waals surface area (Å²) in [5, 5.41) is 14.1. The molecule has 20 heavy (non-hydrogen) atoms. The first-order valence-corrected chi connectivity index (χ1v) is 6.37. The van der Waals surface area contributed by atoms with Gasteiger partial charge in [0.15, 0.2) is 0 Å². The van der Waals surface area contributed by atoms with Crippen LogP contribution in [0.1, 0.15) is 19.8 Å². The molecule has 1 aliphatic rings. The van der Waals surface area contributed by atoms with E-state index < -0.39 is 5.60 Å². The van der Waals surface area contributed by atoms with Crippen molar-refractivity contribution in [2.45, 2.75) is 25.4 Å². The van der Waals surface area contributed by atoms with Crippen molar-refractivity contribution in [2.75, 3.05) is 23.7 Å². The summed E-state index contributed by atoms with van der Waals surface area (Å²) < 4.78 is 1.42. The molecule has 106 valence electrons. The van der Waals surface area contributed by atoms with Crippen LogP contribution in [0.2, 0.25) is 0 Å². The maximum absolute atomic E-state index is 10.2. The van der Waals surface area contributed by atoms with Gasteiger partial charge in [-0.15, -0.1) is 0 Å². The number of nitrogen functional groups attached to an aromatic ring is 1. The molecule has 0 saturated carbocycles. The second-order valence-electron chi connectivity index (χ2n) is 5.16. The zero-order valence-corrected chi connectivity index (χ0v) is 11.1. The van der Waals surface area contributed by atoms with Crippen LogP contribution in [0.25, 0.3) is 5.95 Å². The number of nitrogens with zero attached hydrogens (tertiary/aromatic N) is 7. The first-order valence-electron chi connectivity index (χ1n) is 6.37. The molecule has 1 saturated heterocycles. The van der Waals surface area contributed by atoms with Gasteiger partial charge < -0.3 is 15.7 Å². The van der Waals surface area contributed by atoms with Crippen molar-refractivity contribution in [3.05, 3.63) is 12.7 Å². The summed E-state index contributed by atoms with van der Waals surface area (Å²) in [4.78, 5) is 18.3. The molecule has 3 rings (SSSR count). The van der Waals surface area contributed by atoms with Crippen LogP contribution in [-0.4, -0.2) is 53.5 Å². The first-order chi connectivity index (χ1) is 9.53. The third-order valence-electron chi connectivity index (χ3n) is 3.21. The lowest BCUT2D eigenvalue weighted by molar-refractivity contribution is 0.0444. The van der Waals surface area contributed by atoms with E-state index in [1.165, 1.54) is 17.3 Å². The van der Waals surface area contributed by atoms with Gasteiger partial charge >= 0.3 is 0 Å². The Labute approximate surface area is 115 Å². The molecule has 1 fully saturated rings. The fraction of sp³-hybridized carbons (Fsp3) is 0.545. The second-order valence-corrected chi connectivity index (χ2v) is 5.16. The Morgan fingerprint density at radius 1 is 1.30 bits per heavy atom. The number of hydrogen-bond donors (Lipinski definition) is 2. The molecule has 2 aromatic heterocycles. The fourth-order valence-corrected chi connectivity index (χ4v) is 2.32. The van der Waals surface area contributed by atoms with Crippen molar-refractivity contribution >= 4 is 11.9 Å². The average Bonchev–Trinajstić information content (AvgIpc) is 2.90. The summed E-state index contributed by atoms with van der Waals surface area (Å²) in [7, 11) is 0. The summed E-state index contributed by atoms with van der Waals surface area (Å²) in [5.74, 6) is 0.879. The standard InChI is InChI=1S/C11H16N8O/c1-11(20)3-2-4-18(5-11)9-15-8(12)16-10(17-9)19-7-13-6-14-19/h6-7,20H,2-5H2,1H3,(H2,12,15,16,17). The summed E-state index contributed by atoms with van der Waals surface area (Å²) in [5.41, 5.74) is 4.98. The monoisotopic (exact) mass is 276 g/mol. The molecule has 0 radical (unpaired) electrons. The Balaban J connectivity index is 1.94. The van der Waals surface area contributed by atoms with Gasteiger partial charge in [0, 0.05) is 13.1 Å². The van der Waals surface area contributed by atoms with Gasteiger partial charge in [-0.25, -0.2) is 4.98 Å². The number of aliphatic hydroxyl groups is 1. The molecule has 3 N–H and O–H groups in total. The van der Waals surface area contributed by atoms with Crippen molar-refractivity contribution in [3.63, 3.8) is 0 Å². The van der Waals surface area contributed by atoms with E-state index >= 15 is 0 Å². The summed E-state index contributed by atoms with van der Waals surface area (Å²) >= 11 is 0. The lowest BCUT2D eigenvalue weighted by Crippen LogP contribution is -2.47. The lowest BCUT2D eigenvalue weighted by Gasteiger charge is -2.36. The quantitative estimate of drug-likeness (QED) is 0.745. The summed E-state index contributed by atoms with van der Waals surface area (Å²) in [6.07, 6.45) is 4.52. The van der Waals surface area contributed by atoms with Crippen LogP contribution in [0, 0.1) is 0 Å². The highest BCUT2D eigenvalue weighted by Crippen LogP contribution is 2.23. The van der Waals surface area contributed by atoms with Gasteiger partial charge in [0.25, 0.3) is 5.95 Å². The van der Waals surface area contributed by atoms with E-state index in [-0.39, 0.29) is 5.95 Å². The Hall–Kier alpha value is -2.29. The van der Waals surface area contributed by atoms with E-state index in [1.807, 2.05) is 11.8 Å². The number of anilines is 2. The minimum absolute atomic E-state index is 0.116. The topological polar surface area (TPSA) is 119 Å². The Morgan fingerprint density at radius 3 is 2.80 bits per heavy atom. The minimum Gasteiger partial charge on any atom is -0.388 e. The molecule has 0 bridgehead atoms. The predicted octanol–water partition coefficient (Wildman–Crippen LogP) is -0.614. The van der Waals surface area contributed by atoms with Gasteiger partial charge in [-0.05, 0) is 19.8 Å². The highest BCUT2D eigenvalue weighted by molar-refractivity contribution is 5.38. The third kappa shape index (κ3) is 2.52. The molecule has 2 aromatic rings. The molecule has 0 spiro atoms. The largest absolute Gasteiger partial charge is 0.388 e. The molecule has 1 aliphatic heterocycles. The zero-order chi connectivity index (χ0) is 14.2. The molecule has 1 atom stereocenters. The van der Waals surface area contributed by atoms with Crippen LogP contribution >= 0.6 is 0 Å². The number of hydrogen-bond acceptors (Lipinski definition) is 8. The van der Waals surface area contributed by atoms with Crippen molar-refractivity contribution in [1.29, 1.82) is 0 Å². The lowest BCUT2D eigenvalue weighted by atomic mass is 9.95. The number of piperidine rings is 1. The van der Waals surface area contributed by atoms with E-state index in [4.69, 9.17) is 5.73 Å². The van der Waals surface area contributed by atoms with Crippen LogP contribution < -0.4 is 10.6 Å². The number of rotatable bonds is 2. The maximum atomic E-state index is 10.2. The number of nitrogens with two attached hydrogens (primary N) is 1. The number of aromatic nitrogens is 6. The van der Waals surface area contributed by atoms with Crippen molar-refractivity contribution in [1.82, 2.24) is 29.7 Å². The van der Waals surface area contributed by atoms with Crippen molar-refractivity contribution < 1.29 is 5.11 Å². The molecule has 9 nitrogen and oxygen atoms in total. The van der Waals surface area contributed by atoms with Crippen molar-refractivity contribution in [2.24, 2.45) is 0 Å². The van der Waals surface area contributed by atoms with Gasteiger partial charge in [-0.3, -0.25) is 0 Å². The van der Waals surface area contributed by atoms with Gasteiger partial charge in [0.1, 0.15) is 12.7 Å². The highest BCUT2D eigenvalue weighted by atomic mass is 16.3. The van der Waals surface area contributed by atoms with Crippen LogP contribution in [-0.2, 0) is 0 Å². The molecule has 0 aromatic carbocycles. The van der Waals surface area contributed by atoms with Crippen LogP contribution in [0.4, 0.5) is 11.9 Å². The Bertz CT molecular complexity index is 596. The van der Waals surface area contributed by atoms with E-state index in [0.717, 1.165) is 19.4 Å². The predicted molar refractivity (Wildman–Crippen MR) is 71.2 cm³/mol. The van der Waals surface area contributed by atoms with Gasteiger partial charge in [0.2, 0.25) is 11.9 Å². The molecule has 9 heteroatoms. The van der Waals surface area contributed by atoms with E-state index in [9.17, 15) is 5.11 Å². The van der Waals surface area contributed by atoms with E-state index in [2.05, 4.69) is 25.0 Å². The van der Waals surface area contributed by atoms with E-state index in [1.54, 1.807) is 0 Å². The smallest absolute Gasteiger partial charge is 0.258 e. The van der Waals surface area contributed by atoms with Gasteiger partial charge in [-0.1, -0.05) is 0 Å². The van der Waals surface area contributed by atoms with Crippen LogP contribution in [0.15, 0.2) is 12.7 Å². The Kier molecular flexibility index (Phi) is 2.97. The van der Waals surface area contributed by atoms with Crippen LogP contribution in [0.5, 0.6) is 0 Å². The average molecular weight is 276 g/mol. The molecule has 1 unspecified atom stereocenters. The fourth-order valence-electron chi connectivity index (χ4n) is 2.32. The van der Waals surface area contributed by atoms with Crippen LogP contribution in [0.3, 0.4) is 0 Å². The van der Waals surface area contributed by atoms with E-state index in [0.29, 0.717) is 18.4 Å². The number of β-amino-alcohol motifs (C(OH)–C–C–N with tert-alkyl or cyclic N) is 1. The zero-order valence-electron chi connectivity index (χ0n) is 11.1. The normalized spacial score (nSPS) is 23.0. The minimum atomic E-state index is -0.743. The molecule has 0 aliphatic carbocycles. The third-order valence-corrected chi connectivity index (χ3v) is 3.21. The highest BCUT2D eigenvalue weighted by Gasteiger charge is 2.30. The molecule has 3 heterocycles. The second kappa shape index (κ2) is 4.67. The molecular weight excluding hydrogens is 260 g/mol. The first kappa shape index (κ1) is 12.7. The molecule has 0 amide bonds.